The summed E-state index contributed by atoms with van der Waals surface area (Å²) in [5.41, 5.74) is 12.4. The first-order valence-electron chi connectivity index (χ1n) is 7.02. The van der Waals surface area contributed by atoms with Gasteiger partial charge in [-0.15, -0.1) is 24.8 Å². The second-order valence-corrected chi connectivity index (χ2v) is 4.79. The minimum absolute atomic E-state index is 0. The van der Waals surface area contributed by atoms with E-state index in [0.29, 0.717) is 23.6 Å². The molecule has 0 heterocycles. The standard InChI is InChI=1S/C15H25N3O.2ClH/c1-2-3-4-5-6-7-10-19-14-9-8-12(16)11-13(14)15(17)18;;/h8-9,11H,2-7,10,16H2,1H3,(H3,17,18);2*1H. The van der Waals surface area contributed by atoms with Crippen LogP contribution < -0.4 is 16.2 Å². The molecule has 0 radical (unpaired) electrons. The first-order chi connectivity index (χ1) is 9.15. The molecule has 0 atom stereocenters. The third-order valence-corrected chi connectivity index (χ3v) is 3.05. The molecule has 0 saturated heterocycles. The van der Waals surface area contributed by atoms with Gasteiger partial charge in [0.25, 0.3) is 0 Å². The van der Waals surface area contributed by atoms with Crippen LogP contribution in [0.25, 0.3) is 0 Å². The van der Waals surface area contributed by atoms with Crippen molar-refractivity contribution in [2.45, 2.75) is 45.4 Å². The van der Waals surface area contributed by atoms with Crippen molar-refractivity contribution in [1.29, 1.82) is 5.41 Å². The smallest absolute Gasteiger partial charge is 0.130 e. The summed E-state index contributed by atoms with van der Waals surface area (Å²) in [5.74, 6) is 0.639. The highest BCUT2D eigenvalue weighted by Gasteiger charge is 2.07. The second kappa shape index (κ2) is 12.6. The van der Waals surface area contributed by atoms with Crippen LogP contribution in [0.3, 0.4) is 0 Å². The molecular formula is C15H27Cl2N3O. The topological polar surface area (TPSA) is 85.1 Å². The highest BCUT2D eigenvalue weighted by atomic mass is 35.5. The van der Waals surface area contributed by atoms with Gasteiger partial charge in [-0.2, -0.15) is 0 Å². The van der Waals surface area contributed by atoms with E-state index in [-0.39, 0.29) is 30.6 Å². The summed E-state index contributed by atoms with van der Waals surface area (Å²) in [6.07, 6.45) is 7.36. The zero-order valence-electron chi connectivity index (χ0n) is 12.6. The maximum absolute atomic E-state index is 7.51. The maximum Gasteiger partial charge on any atom is 0.130 e. The quantitative estimate of drug-likeness (QED) is 0.274. The van der Waals surface area contributed by atoms with Crippen LogP contribution in [0.1, 0.15) is 51.0 Å². The van der Waals surface area contributed by atoms with E-state index in [0.717, 1.165) is 6.42 Å². The van der Waals surface area contributed by atoms with Crippen molar-refractivity contribution in [3.63, 3.8) is 0 Å². The number of nitrogen functional groups attached to an aromatic ring is 2. The minimum Gasteiger partial charge on any atom is -0.493 e. The molecule has 1 aromatic carbocycles. The average Bonchev–Trinajstić information content (AvgIpc) is 2.39. The van der Waals surface area contributed by atoms with Crippen LogP contribution in [0.15, 0.2) is 18.2 Å². The molecule has 0 aliphatic heterocycles. The summed E-state index contributed by atoms with van der Waals surface area (Å²) in [6.45, 7) is 2.88. The van der Waals surface area contributed by atoms with Crippen LogP contribution >= 0.6 is 24.8 Å². The number of unbranched alkanes of at least 4 members (excludes halogenated alkanes) is 5. The third kappa shape index (κ3) is 8.68. The van der Waals surface area contributed by atoms with Crippen molar-refractivity contribution >= 4 is 36.3 Å². The molecule has 0 amide bonds. The van der Waals surface area contributed by atoms with E-state index in [9.17, 15) is 0 Å². The van der Waals surface area contributed by atoms with Gasteiger partial charge in [0, 0.05) is 5.69 Å². The molecule has 0 saturated carbocycles. The molecule has 21 heavy (non-hydrogen) atoms. The SMILES string of the molecule is CCCCCCCCOc1ccc(N)cc1C(=N)N.Cl.Cl. The predicted molar refractivity (Wildman–Crippen MR) is 95.2 cm³/mol. The number of ether oxygens (including phenoxy) is 1. The Morgan fingerprint density at radius 3 is 2.33 bits per heavy atom. The number of halogens is 2. The van der Waals surface area contributed by atoms with Gasteiger partial charge in [-0.05, 0) is 24.6 Å². The molecule has 0 aromatic heterocycles. The molecule has 0 spiro atoms. The second-order valence-electron chi connectivity index (χ2n) is 4.79. The van der Waals surface area contributed by atoms with E-state index in [1.54, 1.807) is 18.2 Å². The van der Waals surface area contributed by atoms with Gasteiger partial charge in [-0.25, -0.2) is 0 Å². The van der Waals surface area contributed by atoms with Crippen LogP contribution in [0.5, 0.6) is 5.75 Å². The van der Waals surface area contributed by atoms with Crippen molar-refractivity contribution in [3.05, 3.63) is 23.8 Å². The number of benzene rings is 1. The van der Waals surface area contributed by atoms with Crippen molar-refractivity contribution in [3.8, 4) is 5.75 Å². The number of hydrogen-bond donors (Lipinski definition) is 3. The molecule has 5 N–H and O–H groups in total. The molecule has 4 nitrogen and oxygen atoms in total. The van der Waals surface area contributed by atoms with Gasteiger partial charge in [-0.3, -0.25) is 5.41 Å². The number of nitrogens with two attached hydrogens (primary N) is 2. The van der Waals surface area contributed by atoms with Gasteiger partial charge in [-0.1, -0.05) is 39.0 Å². The Hall–Kier alpha value is -1.13. The summed E-state index contributed by atoms with van der Waals surface area (Å²) in [6, 6.07) is 5.23. The highest BCUT2D eigenvalue weighted by molar-refractivity contribution is 5.98. The Kier molecular flexibility index (Phi) is 13.3. The van der Waals surface area contributed by atoms with Crippen LogP contribution in [0.2, 0.25) is 0 Å². The Morgan fingerprint density at radius 2 is 1.71 bits per heavy atom. The molecule has 0 unspecified atom stereocenters. The van der Waals surface area contributed by atoms with Crippen molar-refractivity contribution in [2.24, 2.45) is 5.73 Å². The lowest BCUT2D eigenvalue weighted by atomic mass is 10.1. The number of hydrogen-bond acceptors (Lipinski definition) is 3. The first-order valence-corrected chi connectivity index (χ1v) is 7.02. The Morgan fingerprint density at radius 1 is 1.10 bits per heavy atom. The largest absolute Gasteiger partial charge is 0.493 e. The number of amidine groups is 1. The molecule has 0 fully saturated rings. The summed E-state index contributed by atoms with van der Waals surface area (Å²) in [4.78, 5) is 0. The van der Waals surface area contributed by atoms with Gasteiger partial charge in [0.1, 0.15) is 11.6 Å². The Labute approximate surface area is 140 Å². The van der Waals surface area contributed by atoms with Crippen LogP contribution in [0, 0.1) is 5.41 Å². The van der Waals surface area contributed by atoms with E-state index < -0.39 is 0 Å². The van der Waals surface area contributed by atoms with Gasteiger partial charge >= 0.3 is 0 Å². The first kappa shape index (κ1) is 22.2. The van der Waals surface area contributed by atoms with E-state index in [2.05, 4.69) is 6.92 Å². The van der Waals surface area contributed by atoms with Crippen molar-refractivity contribution in [2.75, 3.05) is 12.3 Å². The zero-order valence-corrected chi connectivity index (χ0v) is 14.2. The van der Waals surface area contributed by atoms with E-state index >= 15 is 0 Å². The zero-order chi connectivity index (χ0) is 14.1. The van der Waals surface area contributed by atoms with Gasteiger partial charge < -0.3 is 16.2 Å². The summed E-state index contributed by atoms with van der Waals surface area (Å²) in [7, 11) is 0. The lowest BCUT2D eigenvalue weighted by Crippen LogP contribution is -2.14. The van der Waals surface area contributed by atoms with Crippen molar-refractivity contribution in [1.82, 2.24) is 0 Å². The maximum atomic E-state index is 7.51. The Bertz CT molecular complexity index is 414. The predicted octanol–water partition coefficient (Wildman–Crippen LogP) is 4.14. The van der Waals surface area contributed by atoms with Gasteiger partial charge in [0.05, 0.1) is 12.2 Å². The van der Waals surface area contributed by atoms with Gasteiger partial charge in [0.2, 0.25) is 0 Å². The van der Waals surface area contributed by atoms with Crippen molar-refractivity contribution < 1.29 is 4.74 Å². The fourth-order valence-electron chi connectivity index (χ4n) is 1.95. The normalized spacial score (nSPS) is 9.38. The molecule has 122 valence electrons. The fraction of sp³-hybridized carbons (Fsp3) is 0.533. The van der Waals surface area contributed by atoms with E-state index in [4.69, 9.17) is 21.6 Å². The lowest BCUT2D eigenvalue weighted by Gasteiger charge is -2.11. The highest BCUT2D eigenvalue weighted by Crippen LogP contribution is 2.21. The molecule has 1 aromatic rings. The minimum atomic E-state index is -0.00903. The molecule has 6 heteroatoms. The number of rotatable bonds is 9. The average molecular weight is 336 g/mol. The van der Waals surface area contributed by atoms with Gasteiger partial charge in [0.15, 0.2) is 0 Å². The number of nitrogens with one attached hydrogen (secondary N) is 1. The lowest BCUT2D eigenvalue weighted by molar-refractivity contribution is 0.304. The molecule has 0 bridgehead atoms. The Balaban J connectivity index is 0. The monoisotopic (exact) mass is 335 g/mol. The van der Waals surface area contributed by atoms with Crippen LogP contribution in [0.4, 0.5) is 5.69 Å². The third-order valence-electron chi connectivity index (χ3n) is 3.05. The van der Waals surface area contributed by atoms with E-state index in [1.165, 1.54) is 32.1 Å². The molecule has 0 aliphatic carbocycles. The molecule has 0 aliphatic rings. The molecule has 1 rings (SSSR count). The van der Waals surface area contributed by atoms with Crippen LogP contribution in [-0.4, -0.2) is 12.4 Å². The molecular weight excluding hydrogens is 309 g/mol. The summed E-state index contributed by atoms with van der Waals surface area (Å²) in [5, 5.41) is 7.51. The number of anilines is 1. The van der Waals surface area contributed by atoms with Crippen LogP contribution in [-0.2, 0) is 0 Å². The van der Waals surface area contributed by atoms with E-state index in [1.807, 2.05) is 0 Å². The summed E-state index contributed by atoms with van der Waals surface area (Å²) >= 11 is 0. The summed E-state index contributed by atoms with van der Waals surface area (Å²) < 4.78 is 5.68. The fourth-order valence-corrected chi connectivity index (χ4v) is 1.95.